The maximum atomic E-state index is 11.1. The number of hydrogen-bond acceptors (Lipinski definition) is 7. The second-order valence-corrected chi connectivity index (χ2v) is 11.3. The van der Waals surface area contributed by atoms with Gasteiger partial charge in [-0.05, 0) is 35.4 Å². The first kappa shape index (κ1) is 35.0. The molecule has 0 bridgehead atoms. The molecule has 9 heteroatoms. The molecule has 2 fully saturated rings. The summed E-state index contributed by atoms with van der Waals surface area (Å²) in [5.41, 5.74) is 17.3. The van der Waals surface area contributed by atoms with Gasteiger partial charge in [0.05, 0.1) is 18.4 Å². The average Bonchev–Trinajstić information content (AvgIpc) is 3.80. The number of hydrogen-bond donors (Lipinski definition) is 3. The minimum absolute atomic E-state index is 0.101. The number of aliphatic hydroxyl groups is 1. The summed E-state index contributed by atoms with van der Waals surface area (Å²) in [7, 11) is 4.00. The van der Waals surface area contributed by atoms with Gasteiger partial charge in [0, 0.05) is 63.3 Å². The van der Waals surface area contributed by atoms with Gasteiger partial charge in [0.1, 0.15) is 5.82 Å². The molecule has 9 nitrogen and oxygen atoms in total. The molecule has 0 atom stereocenters. The van der Waals surface area contributed by atoms with Gasteiger partial charge in [-0.3, -0.25) is 14.4 Å². The van der Waals surface area contributed by atoms with Gasteiger partial charge in [0.2, 0.25) is 0 Å². The van der Waals surface area contributed by atoms with Gasteiger partial charge >= 0.3 is 0 Å². The summed E-state index contributed by atoms with van der Waals surface area (Å²) in [4.78, 5) is 19.9. The number of nitrogens with two attached hydrogens (primary N) is 2. The summed E-state index contributed by atoms with van der Waals surface area (Å²) in [6.07, 6.45) is 20.6. The Bertz CT molecular complexity index is 1460. The van der Waals surface area contributed by atoms with E-state index in [0.29, 0.717) is 0 Å². The molecule has 45 heavy (non-hydrogen) atoms. The Morgan fingerprint density at radius 2 is 1.33 bits per heavy atom. The molecule has 2 aliphatic rings. The third-order valence-corrected chi connectivity index (χ3v) is 7.90. The van der Waals surface area contributed by atoms with Gasteiger partial charge in [0.25, 0.3) is 5.91 Å². The molecule has 0 radical (unpaired) electrons. The summed E-state index contributed by atoms with van der Waals surface area (Å²) in [6, 6.07) is 18.6. The summed E-state index contributed by atoms with van der Waals surface area (Å²) >= 11 is 0. The number of anilines is 1. The Morgan fingerprint density at radius 3 is 1.80 bits per heavy atom. The van der Waals surface area contributed by atoms with Crippen molar-refractivity contribution in [3.63, 3.8) is 0 Å². The zero-order valence-corrected chi connectivity index (χ0v) is 26.6. The first-order valence-electron chi connectivity index (χ1n) is 15.4. The van der Waals surface area contributed by atoms with Crippen LogP contribution in [0.5, 0.6) is 0 Å². The van der Waals surface area contributed by atoms with Crippen LogP contribution < -0.4 is 11.5 Å². The van der Waals surface area contributed by atoms with Gasteiger partial charge in [-0.15, -0.1) is 12.8 Å². The van der Waals surface area contributed by atoms with Crippen molar-refractivity contribution >= 4 is 11.7 Å². The minimum Gasteiger partial charge on any atom is -0.392 e. The predicted octanol–water partition coefficient (Wildman–Crippen LogP) is 4.96. The Kier molecular flexibility index (Phi) is 14.3. The van der Waals surface area contributed by atoms with E-state index in [9.17, 15) is 4.79 Å². The van der Waals surface area contributed by atoms with E-state index >= 15 is 0 Å². The number of benzene rings is 2. The van der Waals surface area contributed by atoms with Crippen molar-refractivity contribution in [1.29, 1.82) is 0 Å². The van der Waals surface area contributed by atoms with E-state index in [0.717, 1.165) is 49.4 Å². The highest BCUT2D eigenvalue weighted by Gasteiger charge is 2.14. The Morgan fingerprint density at radius 1 is 0.800 bits per heavy atom. The first-order valence-corrected chi connectivity index (χ1v) is 15.4. The molecule has 1 saturated carbocycles. The number of carbonyl (C=O) groups excluding carboxylic acids is 1. The molecule has 1 saturated heterocycles. The molecule has 5 N–H and O–H groups in total. The van der Waals surface area contributed by atoms with Crippen LogP contribution in [0.1, 0.15) is 53.6 Å². The van der Waals surface area contributed by atoms with Gasteiger partial charge in [-0.25, -0.2) is 4.98 Å². The van der Waals surface area contributed by atoms with Crippen LogP contribution in [-0.2, 0) is 20.2 Å². The number of pyridine rings is 1. The number of piperazine rings is 1. The van der Waals surface area contributed by atoms with Crippen LogP contribution in [0.25, 0.3) is 22.3 Å². The smallest absolute Gasteiger partial charge is 0.252 e. The molecule has 0 spiro atoms. The van der Waals surface area contributed by atoms with Crippen molar-refractivity contribution in [3.8, 4) is 35.1 Å². The molecule has 2 aromatic heterocycles. The molecule has 0 unspecified atom stereocenters. The van der Waals surface area contributed by atoms with E-state index in [4.69, 9.17) is 16.6 Å². The predicted molar refractivity (Wildman–Crippen MR) is 183 cm³/mol. The number of likely N-dealkylation sites (N-methyl/N-ethyl adjacent to an activating group) is 1. The maximum Gasteiger partial charge on any atom is 0.252 e. The number of carbonyl (C=O) groups is 1. The standard InChI is InChI=1S/C19H24N2O.C10H11N5O.C5H10.C2H2/c1-20-10-12-21(13-11-20)14-16-2-6-18(7-3-16)19-8-4-17(15-22)5-9-19;1-15-5-7(4-14-15)6-2-8(10(12)16)9(11)13-3-6;1-2-4-5-3-1;1-2/h2-9,22H,10-15H2,1H3;2-5H,1H3,(H2,11,13)(H2,12,16);1-5H2;1-2H. The van der Waals surface area contributed by atoms with Crippen molar-refractivity contribution in [1.82, 2.24) is 24.6 Å². The third kappa shape index (κ3) is 11.2. The second-order valence-electron chi connectivity index (χ2n) is 11.3. The van der Waals surface area contributed by atoms with Crippen molar-refractivity contribution in [2.45, 2.75) is 45.3 Å². The molecule has 1 aliphatic heterocycles. The number of aliphatic hydroxyl groups excluding tert-OH is 1. The van der Waals surface area contributed by atoms with Crippen LogP contribution in [0.2, 0.25) is 0 Å². The molecular weight excluding hydrogens is 562 g/mol. The van der Waals surface area contributed by atoms with E-state index in [-0.39, 0.29) is 18.0 Å². The van der Waals surface area contributed by atoms with Crippen LogP contribution in [0.15, 0.2) is 73.2 Å². The van der Waals surface area contributed by atoms with Crippen LogP contribution >= 0.6 is 0 Å². The highest BCUT2D eigenvalue weighted by atomic mass is 16.3. The van der Waals surface area contributed by atoms with E-state index < -0.39 is 5.91 Å². The topological polar surface area (TPSA) is 127 Å². The lowest BCUT2D eigenvalue weighted by Gasteiger charge is -2.32. The minimum atomic E-state index is -0.587. The number of nitrogen functional groups attached to an aromatic ring is 1. The van der Waals surface area contributed by atoms with E-state index in [1.54, 1.807) is 23.1 Å². The highest BCUT2D eigenvalue weighted by molar-refractivity contribution is 5.98. The van der Waals surface area contributed by atoms with Crippen LogP contribution in [0.4, 0.5) is 5.82 Å². The van der Waals surface area contributed by atoms with Crippen molar-refractivity contribution in [2.75, 3.05) is 39.0 Å². The van der Waals surface area contributed by atoms with Crippen LogP contribution in [-0.4, -0.2) is 68.8 Å². The van der Waals surface area contributed by atoms with E-state index in [1.165, 1.54) is 48.8 Å². The van der Waals surface area contributed by atoms with Crippen LogP contribution in [0.3, 0.4) is 0 Å². The molecule has 6 rings (SSSR count). The Balaban J connectivity index is 0.000000209. The summed E-state index contributed by atoms with van der Waals surface area (Å²) < 4.78 is 1.66. The average molecular weight is 610 g/mol. The molecule has 1 aliphatic carbocycles. The summed E-state index contributed by atoms with van der Waals surface area (Å²) in [5.74, 6) is -0.448. The van der Waals surface area contributed by atoms with Gasteiger partial charge in [-0.1, -0.05) is 80.6 Å². The number of terminal acetylenes is 1. The molecule has 4 aromatic rings. The normalized spacial score (nSPS) is 14.6. The van der Waals surface area contributed by atoms with E-state index in [1.807, 2.05) is 25.4 Å². The number of rotatable bonds is 6. The number of primary amides is 1. The largest absolute Gasteiger partial charge is 0.392 e. The fourth-order valence-corrected chi connectivity index (χ4v) is 5.15. The van der Waals surface area contributed by atoms with Gasteiger partial charge in [0.15, 0.2) is 0 Å². The lowest BCUT2D eigenvalue weighted by molar-refractivity contribution is 0.100. The molecular formula is C36H47N7O2. The molecule has 238 valence electrons. The summed E-state index contributed by atoms with van der Waals surface area (Å²) in [5, 5.41) is 13.1. The van der Waals surface area contributed by atoms with Crippen molar-refractivity contribution in [2.24, 2.45) is 12.8 Å². The lowest BCUT2D eigenvalue weighted by atomic mass is 10.0. The lowest BCUT2D eigenvalue weighted by Crippen LogP contribution is -2.43. The fourth-order valence-electron chi connectivity index (χ4n) is 5.15. The second kappa shape index (κ2) is 18.3. The van der Waals surface area contributed by atoms with Gasteiger partial charge < -0.3 is 21.5 Å². The van der Waals surface area contributed by atoms with Crippen molar-refractivity contribution < 1.29 is 9.90 Å². The van der Waals surface area contributed by atoms with Crippen molar-refractivity contribution in [3.05, 3.63) is 89.9 Å². The molecule has 2 aromatic carbocycles. The number of aromatic nitrogens is 3. The SMILES string of the molecule is C#C.C1CCCC1.CN1CCN(Cc2ccc(-c3ccc(CO)cc3)cc2)CC1.Cn1cc(-c2cnc(N)c(C(N)=O)c2)cn1. The van der Waals surface area contributed by atoms with Gasteiger partial charge in [-0.2, -0.15) is 5.10 Å². The number of amides is 1. The number of aryl methyl sites for hydroxylation is 1. The highest BCUT2D eigenvalue weighted by Crippen LogP contribution is 2.22. The number of nitrogens with zero attached hydrogens (tertiary/aromatic N) is 5. The zero-order valence-electron chi connectivity index (χ0n) is 26.6. The first-order chi connectivity index (χ1) is 21.8. The molecule has 3 heterocycles. The monoisotopic (exact) mass is 609 g/mol. The Hall–Kier alpha value is -4.49. The summed E-state index contributed by atoms with van der Waals surface area (Å²) in [6.45, 7) is 5.77. The quantitative estimate of drug-likeness (QED) is 0.264. The molecule has 1 amide bonds. The Labute approximate surface area is 267 Å². The van der Waals surface area contributed by atoms with Crippen LogP contribution in [0, 0.1) is 12.8 Å². The maximum absolute atomic E-state index is 11.1. The zero-order chi connectivity index (χ0) is 32.6. The van der Waals surface area contributed by atoms with E-state index in [2.05, 4.69) is 76.2 Å². The third-order valence-electron chi connectivity index (χ3n) is 7.90. The fraction of sp³-hybridized carbons (Fsp3) is 0.361.